The van der Waals surface area contributed by atoms with Gasteiger partial charge in [-0.3, -0.25) is 0 Å². The Labute approximate surface area is 115 Å². The van der Waals surface area contributed by atoms with E-state index < -0.39 is 10.0 Å². The SMILES string of the molecule is CC#CCNS(=O)(=O)c1cc(N)c(Br)cc1OC. The summed E-state index contributed by atoms with van der Waals surface area (Å²) in [4.78, 5) is -0.0106. The lowest BCUT2D eigenvalue weighted by Gasteiger charge is -2.11. The highest BCUT2D eigenvalue weighted by molar-refractivity contribution is 9.10. The van der Waals surface area contributed by atoms with Crippen LogP contribution in [0, 0.1) is 11.8 Å². The number of nitrogens with two attached hydrogens (primary N) is 1. The molecule has 98 valence electrons. The van der Waals surface area contributed by atoms with Gasteiger partial charge in [-0.15, -0.1) is 5.92 Å². The zero-order chi connectivity index (χ0) is 13.8. The monoisotopic (exact) mass is 332 g/mol. The van der Waals surface area contributed by atoms with Gasteiger partial charge in [0.15, 0.2) is 0 Å². The fraction of sp³-hybridized carbons (Fsp3) is 0.273. The third kappa shape index (κ3) is 3.38. The number of anilines is 1. The van der Waals surface area contributed by atoms with Gasteiger partial charge in [-0.05, 0) is 35.0 Å². The molecule has 0 aliphatic carbocycles. The van der Waals surface area contributed by atoms with E-state index in [1.807, 2.05) is 0 Å². The summed E-state index contributed by atoms with van der Waals surface area (Å²) in [7, 11) is -2.30. The number of hydrogen-bond donors (Lipinski definition) is 2. The lowest BCUT2D eigenvalue weighted by atomic mass is 10.3. The van der Waals surface area contributed by atoms with Gasteiger partial charge in [0.2, 0.25) is 10.0 Å². The highest BCUT2D eigenvalue weighted by atomic mass is 79.9. The van der Waals surface area contributed by atoms with Crippen molar-refractivity contribution in [2.75, 3.05) is 19.4 Å². The second-order valence-electron chi connectivity index (χ2n) is 3.28. The lowest BCUT2D eigenvalue weighted by Crippen LogP contribution is -2.24. The van der Waals surface area contributed by atoms with E-state index in [1.165, 1.54) is 19.2 Å². The molecule has 5 nitrogen and oxygen atoms in total. The molecule has 0 unspecified atom stereocenters. The van der Waals surface area contributed by atoms with Gasteiger partial charge >= 0.3 is 0 Å². The van der Waals surface area contributed by atoms with E-state index in [0.29, 0.717) is 10.2 Å². The number of sulfonamides is 1. The van der Waals surface area contributed by atoms with E-state index in [0.717, 1.165) is 0 Å². The maximum atomic E-state index is 12.0. The van der Waals surface area contributed by atoms with Crippen LogP contribution in [-0.4, -0.2) is 22.1 Å². The number of hydrogen-bond acceptors (Lipinski definition) is 4. The Morgan fingerprint density at radius 2 is 2.17 bits per heavy atom. The van der Waals surface area contributed by atoms with Crippen molar-refractivity contribution in [2.24, 2.45) is 0 Å². The van der Waals surface area contributed by atoms with Gasteiger partial charge in [-0.2, -0.15) is 4.72 Å². The number of nitrogens with one attached hydrogen (secondary N) is 1. The molecule has 0 saturated heterocycles. The summed E-state index contributed by atoms with van der Waals surface area (Å²) < 4.78 is 32.0. The standard InChI is InChI=1S/C11H13BrN2O3S/c1-3-4-5-14-18(15,16)11-7-9(13)8(12)6-10(11)17-2/h6-7,14H,5,13H2,1-2H3. The topological polar surface area (TPSA) is 81.4 Å². The van der Waals surface area contributed by atoms with Crippen molar-refractivity contribution in [2.45, 2.75) is 11.8 Å². The average molecular weight is 333 g/mol. The summed E-state index contributed by atoms with van der Waals surface area (Å²) in [6.45, 7) is 1.67. The first-order valence-corrected chi connectivity index (χ1v) is 7.22. The van der Waals surface area contributed by atoms with Crippen LogP contribution < -0.4 is 15.2 Å². The predicted molar refractivity (Wildman–Crippen MR) is 73.7 cm³/mol. The van der Waals surface area contributed by atoms with E-state index in [2.05, 4.69) is 32.5 Å². The van der Waals surface area contributed by atoms with Crippen LogP contribution in [0.2, 0.25) is 0 Å². The quantitative estimate of drug-likeness (QED) is 0.644. The highest BCUT2D eigenvalue weighted by Gasteiger charge is 2.20. The summed E-state index contributed by atoms with van der Waals surface area (Å²) in [6, 6.07) is 2.85. The van der Waals surface area contributed by atoms with Crippen LogP contribution in [0.3, 0.4) is 0 Å². The third-order valence-corrected chi connectivity index (χ3v) is 4.21. The van der Waals surface area contributed by atoms with Crippen LogP contribution in [0.1, 0.15) is 6.92 Å². The maximum Gasteiger partial charge on any atom is 0.245 e. The van der Waals surface area contributed by atoms with Crippen LogP contribution in [0.4, 0.5) is 5.69 Å². The molecular formula is C11H13BrN2O3S. The van der Waals surface area contributed by atoms with Crippen molar-refractivity contribution in [3.63, 3.8) is 0 Å². The highest BCUT2D eigenvalue weighted by Crippen LogP contribution is 2.31. The molecule has 0 radical (unpaired) electrons. The van der Waals surface area contributed by atoms with E-state index in [-0.39, 0.29) is 17.2 Å². The molecule has 3 N–H and O–H groups in total. The summed E-state index contributed by atoms with van der Waals surface area (Å²) in [5.41, 5.74) is 5.99. The van der Waals surface area contributed by atoms with Gasteiger partial charge in [-0.1, -0.05) is 5.92 Å². The smallest absolute Gasteiger partial charge is 0.245 e. The molecule has 18 heavy (non-hydrogen) atoms. The molecule has 0 aliphatic heterocycles. The van der Waals surface area contributed by atoms with E-state index in [1.54, 1.807) is 6.92 Å². The molecule has 0 spiro atoms. The summed E-state index contributed by atoms with van der Waals surface area (Å²) in [5, 5.41) is 0. The van der Waals surface area contributed by atoms with Gasteiger partial charge in [0.1, 0.15) is 10.6 Å². The molecule has 1 aromatic rings. The van der Waals surface area contributed by atoms with E-state index in [4.69, 9.17) is 10.5 Å². The average Bonchev–Trinajstić information content (AvgIpc) is 2.32. The van der Waals surface area contributed by atoms with Gasteiger partial charge in [0, 0.05) is 10.2 Å². The van der Waals surface area contributed by atoms with Crippen molar-refractivity contribution in [1.82, 2.24) is 4.72 Å². The second-order valence-corrected chi connectivity index (χ2v) is 5.87. The molecule has 7 heteroatoms. The van der Waals surface area contributed by atoms with Gasteiger partial charge < -0.3 is 10.5 Å². The number of ether oxygens (including phenoxy) is 1. The van der Waals surface area contributed by atoms with E-state index in [9.17, 15) is 8.42 Å². The first-order chi connectivity index (χ1) is 8.42. The maximum absolute atomic E-state index is 12.0. The van der Waals surface area contributed by atoms with Gasteiger partial charge in [0.25, 0.3) is 0 Å². The number of rotatable bonds is 4. The lowest BCUT2D eigenvalue weighted by molar-refractivity contribution is 0.402. The zero-order valence-electron chi connectivity index (χ0n) is 9.95. The summed E-state index contributed by atoms with van der Waals surface area (Å²) >= 11 is 3.21. The zero-order valence-corrected chi connectivity index (χ0v) is 12.4. The predicted octanol–water partition coefficient (Wildman–Crippen LogP) is 1.34. The number of halogens is 1. The van der Waals surface area contributed by atoms with Crippen LogP contribution in [-0.2, 0) is 10.0 Å². The first kappa shape index (κ1) is 14.8. The molecule has 0 amide bonds. The molecule has 0 saturated carbocycles. The molecule has 1 aromatic carbocycles. The van der Waals surface area contributed by atoms with E-state index >= 15 is 0 Å². The fourth-order valence-corrected chi connectivity index (χ4v) is 2.65. The summed E-state index contributed by atoms with van der Waals surface area (Å²) in [5.74, 6) is 5.43. The Balaban J connectivity index is 3.21. The van der Waals surface area contributed by atoms with Crippen molar-refractivity contribution < 1.29 is 13.2 Å². The minimum absolute atomic E-state index is 0.0106. The normalized spacial score (nSPS) is 10.6. The van der Waals surface area contributed by atoms with Crippen LogP contribution in [0.25, 0.3) is 0 Å². The molecule has 0 heterocycles. The molecule has 1 rings (SSSR count). The molecule has 0 aromatic heterocycles. The molecule has 0 atom stereocenters. The second kappa shape index (κ2) is 6.09. The minimum atomic E-state index is -3.69. The molecule has 0 bridgehead atoms. The van der Waals surface area contributed by atoms with Crippen molar-refractivity contribution in [1.29, 1.82) is 0 Å². The Morgan fingerprint density at radius 1 is 1.50 bits per heavy atom. The number of nitrogen functional groups attached to an aromatic ring is 1. The Kier molecular flexibility index (Phi) is 5.02. The number of methoxy groups -OCH3 is 1. The van der Waals surface area contributed by atoms with Crippen molar-refractivity contribution >= 4 is 31.6 Å². The van der Waals surface area contributed by atoms with Gasteiger partial charge in [0.05, 0.1) is 13.7 Å². The summed E-state index contributed by atoms with van der Waals surface area (Å²) in [6.07, 6.45) is 0. The third-order valence-electron chi connectivity index (χ3n) is 2.10. The van der Waals surface area contributed by atoms with Gasteiger partial charge in [-0.25, -0.2) is 8.42 Å². The fourth-order valence-electron chi connectivity index (χ4n) is 1.22. The van der Waals surface area contributed by atoms with Crippen molar-refractivity contribution in [3.8, 4) is 17.6 Å². The Bertz CT molecular complexity index is 603. The first-order valence-electron chi connectivity index (χ1n) is 4.94. The van der Waals surface area contributed by atoms with Crippen LogP contribution in [0.15, 0.2) is 21.5 Å². The molecule has 0 aliphatic rings. The van der Waals surface area contributed by atoms with Crippen LogP contribution >= 0.6 is 15.9 Å². The number of benzene rings is 1. The Morgan fingerprint density at radius 3 is 2.72 bits per heavy atom. The molecular weight excluding hydrogens is 320 g/mol. The van der Waals surface area contributed by atoms with Crippen LogP contribution in [0.5, 0.6) is 5.75 Å². The largest absolute Gasteiger partial charge is 0.495 e. The van der Waals surface area contributed by atoms with Crippen molar-refractivity contribution in [3.05, 3.63) is 16.6 Å². The minimum Gasteiger partial charge on any atom is -0.495 e. The Hall–Kier alpha value is -1.23. The molecule has 0 fully saturated rings.